The predicted molar refractivity (Wildman–Crippen MR) is 80.1 cm³/mol. The Balaban J connectivity index is 1.92. The molecule has 1 heterocycles. The SMILES string of the molecule is CC(C)c1nn(C)cc1CNC1CCC(C)C(C)C1. The molecule has 1 fully saturated rings. The molecule has 1 aliphatic carbocycles. The zero-order chi connectivity index (χ0) is 14.0. The van der Waals surface area contributed by atoms with Crippen LogP contribution in [0.1, 0.15) is 64.1 Å². The third kappa shape index (κ3) is 3.59. The van der Waals surface area contributed by atoms with E-state index in [9.17, 15) is 0 Å². The number of nitrogens with one attached hydrogen (secondary N) is 1. The van der Waals surface area contributed by atoms with E-state index >= 15 is 0 Å². The van der Waals surface area contributed by atoms with E-state index in [4.69, 9.17) is 0 Å². The molecular formula is C16H29N3. The van der Waals surface area contributed by atoms with Crippen molar-refractivity contribution in [2.24, 2.45) is 18.9 Å². The van der Waals surface area contributed by atoms with Crippen molar-refractivity contribution in [2.45, 2.75) is 65.5 Å². The van der Waals surface area contributed by atoms with Gasteiger partial charge in [0.25, 0.3) is 0 Å². The van der Waals surface area contributed by atoms with Gasteiger partial charge in [0, 0.05) is 31.4 Å². The fourth-order valence-corrected chi connectivity index (χ4v) is 3.16. The van der Waals surface area contributed by atoms with Crippen molar-refractivity contribution in [1.82, 2.24) is 15.1 Å². The first-order valence-electron chi connectivity index (χ1n) is 7.73. The van der Waals surface area contributed by atoms with Gasteiger partial charge in [0.15, 0.2) is 0 Å². The zero-order valence-electron chi connectivity index (χ0n) is 13.1. The highest BCUT2D eigenvalue weighted by Gasteiger charge is 2.24. The van der Waals surface area contributed by atoms with E-state index in [1.807, 2.05) is 11.7 Å². The highest BCUT2D eigenvalue weighted by Crippen LogP contribution is 2.29. The minimum atomic E-state index is 0.503. The number of hydrogen-bond donors (Lipinski definition) is 1. The van der Waals surface area contributed by atoms with E-state index in [1.165, 1.54) is 30.5 Å². The van der Waals surface area contributed by atoms with Gasteiger partial charge in [-0.05, 0) is 37.0 Å². The molecule has 3 heteroatoms. The number of nitrogens with zero attached hydrogens (tertiary/aromatic N) is 2. The van der Waals surface area contributed by atoms with Gasteiger partial charge in [-0.3, -0.25) is 4.68 Å². The van der Waals surface area contributed by atoms with Gasteiger partial charge in [0.2, 0.25) is 0 Å². The Labute approximate surface area is 117 Å². The summed E-state index contributed by atoms with van der Waals surface area (Å²) in [6.45, 7) is 10.2. The molecule has 19 heavy (non-hydrogen) atoms. The summed E-state index contributed by atoms with van der Waals surface area (Å²) in [6.07, 6.45) is 6.17. The van der Waals surface area contributed by atoms with Gasteiger partial charge in [-0.25, -0.2) is 0 Å². The molecule has 1 aromatic heterocycles. The average molecular weight is 263 g/mol. The summed E-state index contributed by atoms with van der Waals surface area (Å²) in [7, 11) is 2.01. The monoisotopic (exact) mass is 263 g/mol. The van der Waals surface area contributed by atoms with Crippen molar-refractivity contribution < 1.29 is 0 Å². The first-order chi connectivity index (χ1) is 8.97. The van der Waals surface area contributed by atoms with Crippen LogP contribution in [0, 0.1) is 11.8 Å². The lowest BCUT2D eigenvalue weighted by molar-refractivity contribution is 0.225. The van der Waals surface area contributed by atoms with Crippen LogP contribution in [0.25, 0.3) is 0 Å². The molecule has 0 radical (unpaired) electrons. The summed E-state index contributed by atoms with van der Waals surface area (Å²) >= 11 is 0. The molecule has 1 aromatic rings. The lowest BCUT2D eigenvalue weighted by Gasteiger charge is -2.32. The van der Waals surface area contributed by atoms with Crippen LogP contribution in [0.3, 0.4) is 0 Å². The lowest BCUT2D eigenvalue weighted by atomic mass is 9.79. The Morgan fingerprint density at radius 3 is 2.68 bits per heavy atom. The molecule has 2 rings (SSSR count). The largest absolute Gasteiger partial charge is 0.310 e. The van der Waals surface area contributed by atoms with Crippen LogP contribution in [-0.2, 0) is 13.6 Å². The Kier molecular flexibility index (Phi) is 4.67. The maximum atomic E-state index is 4.58. The van der Waals surface area contributed by atoms with Crippen molar-refractivity contribution in [1.29, 1.82) is 0 Å². The van der Waals surface area contributed by atoms with Crippen LogP contribution in [0.2, 0.25) is 0 Å². The predicted octanol–water partition coefficient (Wildman–Crippen LogP) is 3.46. The molecule has 0 aliphatic heterocycles. The van der Waals surface area contributed by atoms with Gasteiger partial charge >= 0.3 is 0 Å². The minimum Gasteiger partial charge on any atom is -0.310 e. The smallest absolute Gasteiger partial charge is 0.0694 e. The number of rotatable bonds is 4. The summed E-state index contributed by atoms with van der Waals surface area (Å²) in [6, 6.07) is 0.686. The fraction of sp³-hybridized carbons (Fsp3) is 0.812. The summed E-state index contributed by atoms with van der Waals surface area (Å²) in [4.78, 5) is 0. The van der Waals surface area contributed by atoms with E-state index in [-0.39, 0.29) is 0 Å². The number of hydrogen-bond acceptors (Lipinski definition) is 2. The maximum Gasteiger partial charge on any atom is 0.0694 e. The third-order valence-corrected chi connectivity index (χ3v) is 4.66. The summed E-state index contributed by atoms with van der Waals surface area (Å²) < 4.78 is 1.94. The van der Waals surface area contributed by atoms with Crippen molar-refractivity contribution in [3.63, 3.8) is 0 Å². The standard InChI is InChI=1S/C16H29N3/c1-11(2)16-14(10-19(5)18-16)9-17-15-7-6-12(3)13(4)8-15/h10-13,15,17H,6-9H2,1-5H3. The second kappa shape index (κ2) is 6.08. The van der Waals surface area contributed by atoms with Gasteiger partial charge in [-0.15, -0.1) is 0 Å². The van der Waals surface area contributed by atoms with E-state index < -0.39 is 0 Å². The highest BCUT2D eigenvalue weighted by atomic mass is 15.3. The van der Waals surface area contributed by atoms with Crippen molar-refractivity contribution >= 4 is 0 Å². The second-order valence-electron chi connectivity index (χ2n) is 6.71. The molecule has 0 spiro atoms. The molecule has 0 aromatic carbocycles. The molecule has 1 N–H and O–H groups in total. The van der Waals surface area contributed by atoms with Gasteiger partial charge in [0.05, 0.1) is 5.69 Å². The molecule has 108 valence electrons. The molecule has 0 amide bonds. The summed E-state index contributed by atoms with van der Waals surface area (Å²) in [5.41, 5.74) is 2.61. The van der Waals surface area contributed by atoms with Gasteiger partial charge in [-0.2, -0.15) is 5.10 Å². The first kappa shape index (κ1) is 14.6. The molecule has 0 saturated heterocycles. The quantitative estimate of drug-likeness (QED) is 0.901. The molecule has 3 nitrogen and oxygen atoms in total. The Hall–Kier alpha value is -0.830. The van der Waals surface area contributed by atoms with Crippen LogP contribution in [0.4, 0.5) is 0 Å². The van der Waals surface area contributed by atoms with Crippen LogP contribution < -0.4 is 5.32 Å². The highest BCUT2D eigenvalue weighted by molar-refractivity contribution is 5.20. The maximum absolute atomic E-state index is 4.58. The zero-order valence-corrected chi connectivity index (χ0v) is 13.1. The third-order valence-electron chi connectivity index (χ3n) is 4.66. The molecular weight excluding hydrogens is 234 g/mol. The second-order valence-corrected chi connectivity index (χ2v) is 6.71. The van der Waals surface area contributed by atoms with Crippen molar-refractivity contribution in [3.8, 4) is 0 Å². The number of aromatic nitrogens is 2. The van der Waals surface area contributed by atoms with Crippen LogP contribution in [0.5, 0.6) is 0 Å². The van der Waals surface area contributed by atoms with Crippen molar-refractivity contribution in [2.75, 3.05) is 0 Å². The topological polar surface area (TPSA) is 29.9 Å². The van der Waals surface area contributed by atoms with E-state index in [1.54, 1.807) is 0 Å². The normalized spacial score (nSPS) is 28.0. The molecule has 0 bridgehead atoms. The molecule has 1 saturated carbocycles. The van der Waals surface area contributed by atoms with E-state index in [0.717, 1.165) is 18.4 Å². The number of aryl methyl sites for hydroxylation is 1. The summed E-state index contributed by atoms with van der Waals surface area (Å²) in [5.74, 6) is 2.25. The van der Waals surface area contributed by atoms with Crippen LogP contribution >= 0.6 is 0 Å². The van der Waals surface area contributed by atoms with E-state index in [0.29, 0.717) is 12.0 Å². The Morgan fingerprint density at radius 2 is 2.05 bits per heavy atom. The molecule has 3 unspecified atom stereocenters. The van der Waals surface area contributed by atoms with Crippen LogP contribution in [-0.4, -0.2) is 15.8 Å². The first-order valence-corrected chi connectivity index (χ1v) is 7.73. The average Bonchev–Trinajstić information content (AvgIpc) is 2.72. The van der Waals surface area contributed by atoms with Crippen LogP contribution in [0.15, 0.2) is 6.20 Å². The van der Waals surface area contributed by atoms with E-state index in [2.05, 4.69) is 44.3 Å². The van der Waals surface area contributed by atoms with Gasteiger partial charge in [-0.1, -0.05) is 27.7 Å². The molecule has 3 atom stereocenters. The molecule has 1 aliphatic rings. The Bertz CT molecular complexity index is 408. The van der Waals surface area contributed by atoms with Crippen molar-refractivity contribution in [3.05, 3.63) is 17.5 Å². The minimum absolute atomic E-state index is 0.503. The summed E-state index contributed by atoms with van der Waals surface area (Å²) in [5, 5.41) is 8.32. The van der Waals surface area contributed by atoms with Gasteiger partial charge in [0.1, 0.15) is 0 Å². The Morgan fingerprint density at radius 1 is 1.32 bits per heavy atom. The fourth-order valence-electron chi connectivity index (χ4n) is 3.16. The van der Waals surface area contributed by atoms with Gasteiger partial charge < -0.3 is 5.32 Å². The lowest BCUT2D eigenvalue weighted by Crippen LogP contribution is -2.35.